The van der Waals surface area contributed by atoms with Crippen molar-refractivity contribution in [2.45, 2.75) is 0 Å². The zero-order valence-corrected chi connectivity index (χ0v) is 14.9. The predicted octanol–water partition coefficient (Wildman–Crippen LogP) is 5.99. The number of anilines is 5. The van der Waals surface area contributed by atoms with Crippen LogP contribution in [0.3, 0.4) is 0 Å². The van der Waals surface area contributed by atoms with Crippen LogP contribution in [0, 0.1) is 0 Å². The summed E-state index contributed by atoms with van der Waals surface area (Å²) in [6.07, 6.45) is 0. The van der Waals surface area contributed by atoms with Gasteiger partial charge in [0.25, 0.3) is 0 Å². The average molecular weight is 351 g/mol. The lowest BCUT2D eigenvalue weighted by Gasteiger charge is -2.26. The quantitative estimate of drug-likeness (QED) is 0.444. The fourth-order valence-electron chi connectivity index (χ4n) is 3.21. The second kappa shape index (κ2) is 7.26. The van der Waals surface area contributed by atoms with Crippen molar-refractivity contribution in [1.29, 1.82) is 0 Å². The van der Waals surface area contributed by atoms with E-state index in [4.69, 9.17) is 11.5 Å². The Morgan fingerprint density at radius 1 is 0.444 bits per heavy atom. The molecule has 0 aromatic heterocycles. The third-order valence-corrected chi connectivity index (χ3v) is 4.49. The van der Waals surface area contributed by atoms with Gasteiger partial charge in [0, 0.05) is 28.4 Å². The van der Waals surface area contributed by atoms with Crippen molar-refractivity contribution in [3.63, 3.8) is 0 Å². The van der Waals surface area contributed by atoms with Crippen molar-refractivity contribution < 1.29 is 0 Å². The molecular formula is C24H21N3. The molecule has 4 rings (SSSR count). The van der Waals surface area contributed by atoms with E-state index in [1.807, 2.05) is 54.6 Å². The van der Waals surface area contributed by atoms with Gasteiger partial charge in [-0.2, -0.15) is 0 Å². The molecule has 0 amide bonds. The van der Waals surface area contributed by atoms with Gasteiger partial charge in [0.15, 0.2) is 0 Å². The summed E-state index contributed by atoms with van der Waals surface area (Å²) in [5, 5.41) is 0. The molecule has 27 heavy (non-hydrogen) atoms. The maximum atomic E-state index is 6.03. The normalized spacial score (nSPS) is 10.5. The van der Waals surface area contributed by atoms with Crippen LogP contribution in [0.4, 0.5) is 28.4 Å². The van der Waals surface area contributed by atoms with Crippen molar-refractivity contribution in [2.24, 2.45) is 0 Å². The lowest BCUT2D eigenvalue weighted by Crippen LogP contribution is -2.10. The van der Waals surface area contributed by atoms with E-state index in [1.54, 1.807) is 0 Å². The summed E-state index contributed by atoms with van der Waals surface area (Å²) >= 11 is 0. The van der Waals surface area contributed by atoms with Crippen molar-refractivity contribution in [2.75, 3.05) is 16.4 Å². The lowest BCUT2D eigenvalue weighted by atomic mass is 10.0. The number of nitrogen functional groups attached to an aromatic ring is 2. The topological polar surface area (TPSA) is 55.3 Å². The zero-order valence-electron chi connectivity index (χ0n) is 14.9. The highest BCUT2D eigenvalue weighted by molar-refractivity contribution is 5.80. The third-order valence-electron chi connectivity index (χ3n) is 4.49. The average Bonchev–Trinajstić information content (AvgIpc) is 2.70. The van der Waals surface area contributed by atoms with Gasteiger partial charge in [-0.3, -0.25) is 0 Å². The Morgan fingerprint density at radius 2 is 0.963 bits per heavy atom. The molecule has 4 aromatic rings. The first kappa shape index (κ1) is 16.7. The van der Waals surface area contributed by atoms with Crippen molar-refractivity contribution in [3.05, 3.63) is 103 Å². The first-order chi connectivity index (χ1) is 13.2. The molecule has 4 N–H and O–H groups in total. The first-order valence-corrected chi connectivity index (χ1v) is 8.87. The minimum absolute atomic E-state index is 0.724. The minimum atomic E-state index is 0.724. The SMILES string of the molecule is Nc1cccc(N(c2ccc(-c3ccccc3)cc2)c2cccc(N)c2)c1. The van der Waals surface area contributed by atoms with Crippen molar-refractivity contribution in [3.8, 4) is 11.1 Å². The van der Waals surface area contributed by atoms with E-state index < -0.39 is 0 Å². The van der Waals surface area contributed by atoms with E-state index >= 15 is 0 Å². The maximum absolute atomic E-state index is 6.03. The van der Waals surface area contributed by atoms with Gasteiger partial charge in [-0.1, -0.05) is 54.6 Å². The van der Waals surface area contributed by atoms with Crippen LogP contribution < -0.4 is 16.4 Å². The Labute approximate surface area is 159 Å². The summed E-state index contributed by atoms with van der Waals surface area (Å²) in [5.41, 5.74) is 18.9. The van der Waals surface area contributed by atoms with E-state index in [9.17, 15) is 0 Å². The molecule has 0 saturated heterocycles. The molecule has 0 atom stereocenters. The monoisotopic (exact) mass is 351 g/mol. The molecule has 0 fully saturated rings. The van der Waals surface area contributed by atoms with Crippen molar-refractivity contribution in [1.82, 2.24) is 0 Å². The molecule has 0 aliphatic rings. The number of benzene rings is 4. The number of hydrogen-bond acceptors (Lipinski definition) is 3. The molecule has 132 valence electrons. The maximum Gasteiger partial charge on any atom is 0.0482 e. The van der Waals surface area contributed by atoms with Crippen LogP contribution in [0.2, 0.25) is 0 Å². The van der Waals surface area contributed by atoms with Gasteiger partial charge in [0.1, 0.15) is 0 Å². The van der Waals surface area contributed by atoms with Crippen molar-refractivity contribution >= 4 is 28.4 Å². The molecule has 4 aromatic carbocycles. The standard InChI is InChI=1S/C24H21N3/c25-20-8-4-10-23(16-20)27(24-11-5-9-21(26)17-24)22-14-12-19(13-15-22)18-6-2-1-3-7-18/h1-17H,25-26H2. The Balaban J connectivity index is 1.79. The molecule has 0 radical (unpaired) electrons. The molecule has 0 saturated carbocycles. The van der Waals surface area contributed by atoms with Gasteiger partial charge < -0.3 is 16.4 Å². The predicted molar refractivity (Wildman–Crippen MR) is 115 cm³/mol. The molecule has 0 unspecified atom stereocenters. The van der Waals surface area contributed by atoms with Crippen LogP contribution >= 0.6 is 0 Å². The van der Waals surface area contributed by atoms with Gasteiger partial charge in [0.05, 0.1) is 0 Å². The highest BCUT2D eigenvalue weighted by Crippen LogP contribution is 2.36. The van der Waals surface area contributed by atoms with E-state index in [1.165, 1.54) is 11.1 Å². The molecule has 3 heteroatoms. The van der Waals surface area contributed by atoms with E-state index in [0.717, 1.165) is 28.4 Å². The largest absolute Gasteiger partial charge is 0.399 e. The molecule has 0 aliphatic heterocycles. The molecule has 0 spiro atoms. The number of hydrogen-bond donors (Lipinski definition) is 2. The Kier molecular flexibility index (Phi) is 4.50. The number of nitrogens with zero attached hydrogens (tertiary/aromatic N) is 1. The van der Waals surface area contributed by atoms with Crippen LogP contribution in [0.5, 0.6) is 0 Å². The second-order valence-corrected chi connectivity index (χ2v) is 6.44. The molecule has 0 bridgehead atoms. The molecule has 0 heterocycles. The third kappa shape index (κ3) is 3.62. The Hall–Kier alpha value is -3.72. The zero-order chi connectivity index (χ0) is 18.6. The van der Waals surface area contributed by atoms with Gasteiger partial charge in [-0.05, 0) is 59.7 Å². The summed E-state index contributed by atoms with van der Waals surface area (Å²) < 4.78 is 0. The van der Waals surface area contributed by atoms with Crippen LogP contribution in [0.15, 0.2) is 103 Å². The van der Waals surface area contributed by atoms with Crippen LogP contribution in [0.1, 0.15) is 0 Å². The lowest BCUT2D eigenvalue weighted by molar-refractivity contribution is 1.28. The van der Waals surface area contributed by atoms with E-state index in [0.29, 0.717) is 0 Å². The van der Waals surface area contributed by atoms with E-state index in [-0.39, 0.29) is 0 Å². The summed E-state index contributed by atoms with van der Waals surface area (Å²) in [4.78, 5) is 2.15. The van der Waals surface area contributed by atoms with Gasteiger partial charge >= 0.3 is 0 Å². The summed E-state index contributed by atoms with van der Waals surface area (Å²) in [7, 11) is 0. The summed E-state index contributed by atoms with van der Waals surface area (Å²) in [6.45, 7) is 0. The van der Waals surface area contributed by atoms with Crippen LogP contribution in [0.25, 0.3) is 11.1 Å². The van der Waals surface area contributed by atoms with Gasteiger partial charge in [-0.25, -0.2) is 0 Å². The molecular weight excluding hydrogens is 330 g/mol. The van der Waals surface area contributed by atoms with E-state index in [2.05, 4.69) is 53.4 Å². The van der Waals surface area contributed by atoms with Crippen LogP contribution in [-0.2, 0) is 0 Å². The summed E-state index contributed by atoms with van der Waals surface area (Å²) in [6, 6.07) is 34.6. The van der Waals surface area contributed by atoms with Gasteiger partial charge in [0.2, 0.25) is 0 Å². The number of nitrogens with two attached hydrogens (primary N) is 2. The minimum Gasteiger partial charge on any atom is -0.399 e. The Morgan fingerprint density at radius 3 is 1.48 bits per heavy atom. The number of rotatable bonds is 4. The Bertz CT molecular complexity index is 995. The molecule has 3 nitrogen and oxygen atoms in total. The highest BCUT2D eigenvalue weighted by Gasteiger charge is 2.13. The fraction of sp³-hybridized carbons (Fsp3) is 0. The van der Waals surface area contributed by atoms with Gasteiger partial charge in [-0.15, -0.1) is 0 Å². The smallest absolute Gasteiger partial charge is 0.0482 e. The first-order valence-electron chi connectivity index (χ1n) is 8.87. The fourth-order valence-corrected chi connectivity index (χ4v) is 3.21. The molecule has 0 aliphatic carbocycles. The van der Waals surface area contributed by atoms with Crippen LogP contribution in [-0.4, -0.2) is 0 Å². The second-order valence-electron chi connectivity index (χ2n) is 6.44. The summed E-state index contributed by atoms with van der Waals surface area (Å²) in [5.74, 6) is 0. The highest BCUT2D eigenvalue weighted by atomic mass is 15.1.